The van der Waals surface area contributed by atoms with Crippen LogP contribution in [-0.2, 0) is 6.42 Å². The van der Waals surface area contributed by atoms with Crippen LogP contribution in [0.5, 0.6) is 11.5 Å². The maximum Gasteiger partial charge on any atom is 0.347 e. The predicted octanol–water partition coefficient (Wildman–Crippen LogP) is 3.89. The molecule has 0 aliphatic heterocycles. The molecule has 0 aliphatic carbocycles. The SMILES string of the molecule is CCc1cc2c(C)cc(=O)oc2cc1OC(=O)c1ccccc1OC. The number of esters is 1. The average Bonchev–Trinajstić information content (AvgIpc) is 2.61. The van der Waals surface area contributed by atoms with E-state index in [4.69, 9.17) is 13.9 Å². The highest BCUT2D eigenvalue weighted by Crippen LogP contribution is 2.29. The molecular formula is C20H18O5. The predicted molar refractivity (Wildman–Crippen MR) is 94.6 cm³/mol. The third-order valence-corrected chi connectivity index (χ3v) is 4.04. The third kappa shape index (κ3) is 3.26. The average molecular weight is 338 g/mol. The summed E-state index contributed by atoms with van der Waals surface area (Å²) in [6.07, 6.45) is 0.670. The van der Waals surface area contributed by atoms with Gasteiger partial charge in [-0.2, -0.15) is 0 Å². The molecule has 0 N–H and O–H groups in total. The van der Waals surface area contributed by atoms with Gasteiger partial charge in [-0.05, 0) is 42.7 Å². The Morgan fingerprint density at radius 3 is 2.60 bits per heavy atom. The third-order valence-electron chi connectivity index (χ3n) is 4.04. The molecule has 0 fully saturated rings. The molecule has 1 aromatic heterocycles. The van der Waals surface area contributed by atoms with Gasteiger partial charge in [0.2, 0.25) is 0 Å². The van der Waals surface area contributed by atoms with Gasteiger partial charge in [0.05, 0.1) is 7.11 Å². The van der Waals surface area contributed by atoms with Crippen molar-refractivity contribution < 1.29 is 18.7 Å². The smallest absolute Gasteiger partial charge is 0.347 e. The second-order valence-electron chi connectivity index (χ2n) is 5.65. The van der Waals surface area contributed by atoms with Crippen LogP contribution in [0, 0.1) is 6.92 Å². The number of hydrogen-bond donors (Lipinski definition) is 0. The topological polar surface area (TPSA) is 65.7 Å². The minimum Gasteiger partial charge on any atom is -0.496 e. The Kier molecular flexibility index (Phi) is 4.57. The maximum atomic E-state index is 12.5. The van der Waals surface area contributed by atoms with Crippen molar-refractivity contribution in [1.29, 1.82) is 0 Å². The van der Waals surface area contributed by atoms with E-state index < -0.39 is 11.6 Å². The molecule has 0 radical (unpaired) electrons. The van der Waals surface area contributed by atoms with E-state index in [1.54, 1.807) is 30.3 Å². The number of fused-ring (bicyclic) bond motifs is 1. The van der Waals surface area contributed by atoms with Gasteiger partial charge in [0, 0.05) is 17.5 Å². The number of rotatable bonds is 4. The first-order chi connectivity index (χ1) is 12.0. The van der Waals surface area contributed by atoms with Crippen molar-refractivity contribution in [3.63, 3.8) is 0 Å². The number of hydrogen-bond acceptors (Lipinski definition) is 5. The first-order valence-electron chi connectivity index (χ1n) is 7.96. The first-order valence-corrected chi connectivity index (χ1v) is 7.96. The van der Waals surface area contributed by atoms with Crippen LogP contribution in [0.4, 0.5) is 0 Å². The van der Waals surface area contributed by atoms with E-state index in [0.29, 0.717) is 29.1 Å². The van der Waals surface area contributed by atoms with E-state index in [1.165, 1.54) is 13.2 Å². The zero-order valence-electron chi connectivity index (χ0n) is 14.3. The van der Waals surface area contributed by atoms with E-state index in [-0.39, 0.29) is 0 Å². The lowest BCUT2D eigenvalue weighted by Gasteiger charge is -2.12. The fourth-order valence-electron chi connectivity index (χ4n) is 2.73. The lowest BCUT2D eigenvalue weighted by molar-refractivity contribution is 0.0730. The normalized spacial score (nSPS) is 10.7. The number of ether oxygens (including phenoxy) is 2. The van der Waals surface area contributed by atoms with Crippen LogP contribution in [-0.4, -0.2) is 13.1 Å². The standard InChI is InChI=1S/C20H18O5/c1-4-13-10-15-12(2)9-19(21)24-18(15)11-17(13)25-20(22)14-7-5-6-8-16(14)23-3/h5-11H,4H2,1-3H3. The number of benzene rings is 2. The summed E-state index contributed by atoms with van der Waals surface area (Å²) in [4.78, 5) is 24.1. The fraction of sp³-hybridized carbons (Fsp3) is 0.200. The van der Waals surface area contributed by atoms with Crippen molar-refractivity contribution in [2.75, 3.05) is 7.11 Å². The van der Waals surface area contributed by atoms with Crippen molar-refractivity contribution in [2.24, 2.45) is 0 Å². The molecule has 0 bridgehead atoms. The molecule has 2 aromatic carbocycles. The Balaban J connectivity index is 2.06. The number of aryl methyl sites for hydroxylation is 2. The van der Waals surface area contributed by atoms with Crippen molar-refractivity contribution in [3.8, 4) is 11.5 Å². The number of para-hydroxylation sites is 1. The lowest BCUT2D eigenvalue weighted by atomic mass is 10.1. The first kappa shape index (κ1) is 16.8. The minimum absolute atomic E-state index is 0.331. The number of carbonyl (C=O) groups excluding carboxylic acids is 1. The van der Waals surface area contributed by atoms with E-state index in [2.05, 4.69) is 0 Å². The Morgan fingerprint density at radius 2 is 1.88 bits per heavy atom. The molecular weight excluding hydrogens is 320 g/mol. The minimum atomic E-state index is -0.526. The summed E-state index contributed by atoms with van der Waals surface area (Å²) in [5, 5.41) is 0.827. The van der Waals surface area contributed by atoms with E-state index in [1.807, 2.05) is 19.9 Å². The molecule has 5 nitrogen and oxygen atoms in total. The summed E-state index contributed by atoms with van der Waals surface area (Å²) < 4.78 is 16.0. The molecule has 5 heteroatoms. The summed E-state index contributed by atoms with van der Waals surface area (Å²) in [5.41, 5.74) is 1.97. The molecule has 3 rings (SSSR count). The summed E-state index contributed by atoms with van der Waals surface area (Å²) in [5.74, 6) is 0.287. The molecule has 0 amide bonds. The van der Waals surface area contributed by atoms with E-state index >= 15 is 0 Å². The quantitative estimate of drug-likeness (QED) is 0.410. The van der Waals surface area contributed by atoms with Crippen molar-refractivity contribution >= 4 is 16.9 Å². The van der Waals surface area contributed by atoms with Gasteiger partial charge in [0.1, 0.15) is 22.6 Å². The van der Waals surface area contributed by atoms with Gasteiger partial charge in [0.15, 0.2) is 0 Å². The van der Waals surface area contributed by atoms with Crippen LogP contribution in [0.2, 0.25) is 0 Å². The Labute approximate surface area is 144 Å². The summed E-state index contributed by atoms with van der Waals surface area (Å²) in [7, 11) is 1.50. The highest BCUT2D eigenvalue weighted by atomic mass is 16.5. The second kappa shape index (κ2) is 6.81. The molecule has 0 unspecified atom stereocenters. The van der Waals surface area contributed by atoms with Gasteiger partial charge in [-0.25, -0.2) is 9.59 Å². The maximum absolute atomic E-state index is 12.5. The molecule has 0 saturated heterocycles. The van der Waals surface area contributed by atoms with Gasteiger partial charge in [-0.1, -0.05) is 19.1 Å². The van der Waals surface area contributed by atoms with Crippen LogP contribution < -0.4 is 15.1 Å². The Bertz CT molecular complexity index is 1000. The largest absolute Gasteiger partial charge is 0.496 e. The van der Waals surface area contributed by atoms with E-state index in [9.17, 15) is 9.59 Å². The van der Waals surface area contributed by atoms with Gasteiger partial charge in [-0.3, -0.25) is 0 Å². The fourth-order valence-corrected chi connectivity index (χ4v) is 2.73. The van der Waals surface area contributed by atoms with Gasteiger partial charge in [0.25, 0.3) is 0 Å². The van der Waals surface area contributed by atoms with E-state index in [0.717, 1.165) is 16.5 Å². The zero-order valence-corrected chi connectivity index (χ0v) is 14.3. The van der Waals surface area contributed by atoms with Crippen molar-refractivity contribution in [2.45, 2.75) is 20.3 Å². The summed E-state index contributed by atoms with van der Waals surface area (Å²) >= 11 is 0. The number of carbonyl (C=O) groups is 1. The molecule has 0 spiro atoms. The monoisotopic (exact) mass is 338 g/mol. The van der Waals surface area contributed by atoms with Gasteiger partial charge < -0.3 is 13.9 Å². The van der Waals surface area contributed by atoms with Crippen molar-refractivity contribution in [3.05, 3.63) is 69.6 Å². The molecule has 0 aliphatic rings. The molecule has 1 heterocycles. The molecule has 3 aromatic rings. The van der Waals surface area contributed by atoms with Gasteiger partial charge >= 0.3 is 11.6 Å². The Morgan fingerprint density at radius 1 is 1.12 bits per heavy atom. The van der Waals surface area contributed by atoms with Crippen LogP contribution in [0.25, 0.3) is 11.0 Å². The lowest BCUT2D eigenvalue weighted by Crippen LogP contribution is -2.11. The highest BCUT2D eigenvalue weighted by Gasteiger charge is 2.17. The van der Waals surface area contributed by atoms with Crippen LogP contribution >= 0.6 is 0 Å². The molecule has 128 valence electrons. The highest BCUT2D eigenvalue weighted by molar-refractivity contribution is 5.94. The van der Waals surface area contributed by atoms with Crippen LogP contribution in [0.1, 0.15) is 28.4 Å². The zero-order chi connectivity index (χ0) is 18.0. The second-order valence-corrected chi connectivity index (χ2v) is 5.65. The molecule has 0 atom stereocenters. The van der Waals surface area contributed by atoms with Gasteiger partial charge in [-0.15, -0.1) is 0 Å². The number of methoxy groups -OCH3 is 1. The molecule has 25 heavy (non-hydrogen) atoms. The van der Waals surface area contributed by atoms with Crippen LogP contribution in [0.15, 0.2) is 51.7 Å². The Hall–Kier alpha value is -3.08. The summed E-state index contributed by atoms with van der Waals surface area (Å²) in [6, 6.07) is 11.8. The van der Waals surface area contributed by atoms with Crippen molar-refractivity contribution in [1.82, 2.24) is 0 Å². The van der Waals surface area contributed by atoms with Crippen LogP contribution in [0.3, 0.4) is 0 Å². The molecule has 0 saturated carbocycles. The summed E-state index contributed by atoms with van der Waals surface area (Å²) in [6.45, 7) is 3.81.